The smallest absolute Gasteiger partial charge is 0.320 e. The Labute approximate surface area is 202 Å². The molecular formula is C24H27ClN4O3S. The van der Waals surface area contributed by atoms with Gasteiger partial charge in [0.05, 0.1) is 28.3 Å². The van der Waals surface area contributed by atoms with Crippen LogP contribution in [0.25, 0.3) is 10.7 Å². The molecule has 2 atom stereocenters. The number of hydrogen-bond acceptors (Lipinski definition) is 6. The van der Waals surface area contributed by atoms with E-state index in [1.165, 1.54) is 22.5 Å². The molecule has 174 valence electrons. The topological polar surface area (TPSA) is 71.7 Å². The number of aromatic nitrogens is 2. The van der Waals surface area contributed by atoms with Crippen LogP contribution in [0.3, 0.4) is 0 Å². The molecule has 33 heavy (non-hydrogen) atoms. The Morgan fingerprint density at radius 2 is 1.85 bits per heavy atom. The van der Waals surface area contributed by atoms with E-state index in [0.717, 1.165) is 17.7 Å². The molecule has 2 amide bonds. The second-order valence-electron chi connectivity index (χ2n) is 8.57. The van der Waals surface area contributed by atoms with Crippen molar-refractivity contribution < 1.29 is 14.1 Å². The first-order chi connectivity index (χ1) is 16.1. The fraction of sp³-hybridized carbons (Fsp3) is 0.458. The van der Waals surface area contributed by atoms with Gasteiger partial charge in [0.15, 0.2) is 0 Å². The van der Waals surface area contributed by atoms with Crippen molar-refractivity contribution in [2.75, 3.05) is 39.4 Å². The number of morpholine rings is 1. The average molecular weight is 487 g/mol. The highest BCUT2D eigenvalue weighted by atomic mass is 35.5. The largest absolute Gasteiger partial charge is 0.378 e. The Kier molecular flexibility index (Phi) is 6.66. The van der Waals surface area contributed by atoms with Gasteiger partial charge in [-0.3, -0.25) is 0 Å². The summed E-state index contributed by atoms with van der Waals surface area (Å²) >= 11 is 7.50. The molecule has 0 saturated carbocycles. The molecule has 1 aromatic carbocycles. The van der Waals surface area contributed by atoms with E-state index >= 15 is 0 Å². The fourth-order valence-electron chi connectivity index (χ4n) is 4.59. The number of rotatable bonds is 4. The van der Waals surface area contributed by atoms with E-state index in [0.29, 0.717) is 55.4 Å². The highest BCUT2D eigenvalue weighted by Gasteiger charge is 2.36. The molecule has 0 bridgehead atoms. The Morgan fingerprint density at radius 1 is 1.09 bits per heavy atom. The molecule has 7 nitrogen and oxygen atoms in total. The van der Waals surface area contributed by atoms with E-state index in [4.69, 9.17) is 20.9 Å². The highest BCUT2D eigenvalue weighted by Crippen LogP contribution is 2.37. The second kappa shape index (κ2) is 9.83. The molecule has 0 radical (unpaired) electrons. The molecule has 9 heteroatoms. The molecule has 2 aliphatic rings. The lowest BCUT2D eigenvalue weighted by atomic mass is 9.84. The van der Waals surface area contributed by atoms with Gasteiger partial charge in [0.2, 0.25) is 11.7 Å². The zero-order valence-electron chi connectivity index (χ0n) is 18.6. The van der Waals surface area contributed by atoms with Gasteiger partial charge in [-0.05, 0) is 36.1 Å². The number of hydrogen-bond donors (Lipinski definition) is 0. The van der Waals surface area contributed by atoms with E-state index < -0.39 is 0 Å². The molecule has 3 aromatic rings. The number of likely N-dealkylation sites (tertiary alicyclic amines) is 1. The summed E-state index contributed by atoms with van der Waals surface area (Å²) in [5.41, 5.74) is 2.55. The van der Waals surface area contributed by atoms with Gasteiger partial charge in [-0.2, -0.15) is 4.98 Å². The zero-order chi connectivity index (χ0) is 22.8. The summed E-state index contributed by atoms with van der Waals surface area (Å²) in [6, 6.07) is 12.5. The monoisotopic (exact) mass is 486 g/mol. The van der Waals surface area contributed by atoms with Crippen LogP contribution in [0.4, 0.5) is 4.79 Å². The van der Waals surface area contributed by atoms with Crippen molar-refractivity contribution in [2.45, 2.75) is 31.6 Å². The first kappa shape index (κ1) is 22.4. The van der Waals surface area contributed by atoms with Crippen molar-refractivity contribution in [1.29, 1.82) is 0 Å². The van der Waals surface area contributed by atoms with Crippen LogP contribution < -0.4 is 0 Å². The first-order valence-corrected chi connectivity index (χ1v) is 12.6. The number of halogens is 1. The van der Waals surface area contributed by atoms with Crippen LogP contribution in [-0.2, 0) is 11.2 Å². The lowest BCUT2D eigenvalue weighted by Gasteiger charge is -2.40. The molecule has 4 heterocycles. The molecule has 2 saturated heterocycles. The number of nitrogens with zero attached hydrogens (tertiary/aromatic N) is 4. The number of carbonyl (C=O) groups is 1. The van der Waals surface area contributed by atoms with E-state index in [2.05, 4.69) is 41.3 Å². The minimum atomic E-state index is -0.0312. The normalized spacial score (nSPS) is 21.4. The summed E-state index contributed by atoms with van der Waals surface area (Å²) in [5, 5.41) is 4.19. The van der Waals surface area contributed by atoms with Crippen molar-refractivity contribution in [3.8, 4) is 10.7 Å². The fourth-order valence-corrected chi connectivity index (χ4v) is 5.56. The van der Waals surface area contributed by atoms with Gasteiger partial charge < -0.3 is 19.1 Å². The van der Waals surface area contributed by atoms with Gasteiger partial charge in [-0.1, -0.05) is 47.9 Å². The maximum absolute atomic E-state index is 13.4. The third kappa shape index (κ3) is 4.93. The number of amides is 2. The van der Waals surface area contributed by atoms with E-state index in [1.54, 1.807) is 0 Å². The van der Waals surface area contributed by atoms with Crippen molar-refractivity contribution in [2.24, 2.45) is 0 Å². The van der Waals surface area contributed by atoms with Crippen LogP contribution in [0.2, 0.25) is 4.34 Å². The van der Waals surface area contributed by atoms with Crippen LogP contribution in [0.15, 0.2) is 40.9 Å². The number of piperidine rings is 1. The minimum Gasteiger partial charge on any atom is -0.378 e. The summed E-state index contributed by atoms with van der Waals surface area (Å²) in [4.78, 5) is 22.7. The summed E-state index contributed by atoms with van der Waals surface area (Å²) in [5.74, 6) is 1.29. The molecule has 0 spiro atoms. The van der Waals surface area contributed by atoms with E-state index in [-0.39, 0.29) is 17.9 Å². The van der Waals surface area contributed by atoms with Gasteiger partial charge in [-0.25, -0.2) is 4.79 Å². The lowest BCUT2D eigenvalue weighted by molar-refractivity contribution is 0.0392. The van der Waals surface area contributed by atoms with Gasteiger partial charge >= 0.3 is 6.03 Å². The van der Waals surface area contributed by atoms with Gasteiger partial charge in [0, 0.05) is 32.1 Å². The second-order valence-corrected chi connectivity index (χ2v) is 10.3. The predicted molar refractivity (Wildman–Crippen MR) is 128 cm³/mol. The maximum atomic E-state index is 13.4. The number of carbonyl (C=O) groups excluding carboxylic acids is 1. The quantitative estimate of drug-likeness (QED) is 0.516. The van der Waals surface area contributed by atoms with Gasteiger partial charge in [0.1, 0.15) is 0 Å². The molecule has 5 rings (SSSR count). The number of aryl methyl sites for hydroxylation is 1. The Bertz CT molecular complexity index is 1090. The number of thiophene rings is 1. The third-order valence-electron chi connectivity index (χ3n) is 6.45. The summed E-state index contributed by atoms with van der Waals surface area (Å²) in [6.45, 7) is 5.82. The SMILES string of the molecule is CCc1ccc(C2CC(c3nc(-c4ccc(Cl)s4)no3)CN(C(=O)N3CCOCC3)C2)cc1. The van der Waals surface area contributed by atoms with E-state index in [9.17, 15) is 4.79 Å². The van der Waals surface area contributed by atoms with Crippen LogP contribution in [0.1, 0.15) is 42.2 Å². The standard InChI is InChI=1S/C24H27ClN4O3S/c1-2-16-3-5-17(6-4-16)18-13-19(15-29(14-18)24(30)28-9-11-31-12-10-28)23-26-22(27-32-23)20-7-8-21(25)33-20/h3-8,18-19H,2,9-15H2,1H3. The Morgan fingerprint density at radius 3 is 2.55 bits per heavy atom. The predicted octanol–water partition coefficient (Wildman–Crippen LogP) is 5.04. The average Bonchev–Trinajstić information content (AvgIpc) is 3.53. The van der Waals surface area contributed by atoms with Crippen LogP contribution in [0.5, 0.6) is 0 Å². The van der Waals surface area contributed by atoms with Crippen molar-refractivity contribution in [1.82, 2.24) is 19.9 Å². The molecule has 0 aliphatic carbocycles. The highest BCUT2D eigenvalue weighted by molar-refractivity contribution is 7.19. The maximum Gasteiger partial charge on any atom is 0.320 e. The molecule has 2 unspecified atom stereocenters. The molecule has 2 aliphatic heterocycles. The van der Waals surface area contributed by atoms with Crippen molar-refractivity contribution in [3.63, 3.8) is 0 Å². The van der Waals surface area contributed by atoms with Gasteiger partial charge in [-0.15, -0.1) is 11.3 Å². The van der Waals surface area contributed by atoms with E-state index in [1.807, 2.05) is 21.9 Å². The van der Waals surface area contributed by atoms with Crippen LogP contribution in [0, 0.1) is 0 Å². The Hall–Kier alpha value is -2.42. The number of ether oxygens (including phenoxy) is 1. The molecule has 2 fully saturated rings. The van der Waals surface area contributed by atoms with Crippen molar-refractivity contribution >= 4 is 29.0 Å². The van der Waals surface area contributed by atoms with Crippen molar-refractivity contribution in [3.05, 3.63) is 57.8 Å². The summed E-state index contributed by atoms with van der Waals surface area (Å²) in [6.07, 6.45) is 1.86. The van der Waals surface area contributed by atoms with Gasteiger partial charge in [0.25, 0.3) is 0 Å². The lowest BCUT2D eigenvalue weighted by Crippen LogP contribution is -2.52. The van der Waals surface area contributed by atoms with Crippen LogP contribution in [-0.4, -0.2) is 65.4 Å². The zero-order valence-corrected chi connectivity index (χ0v) is 20.1. The summed E-state index contributed by atoms with van der Waals surface area (Å²) < 4.78 is 11.8. The first-order valence-electron chi connectivity index (χ1n) is 11.4. The Balaban J connectivity index is 1.41. The molecule has 0 N–H and O–H groups in total. The minimum absolute atomic E-state index is 0.0312. The number of urea groups is 1. The molecular weight excluding hydrogens is 460 g/mol. The third-order valence-corrected chi connectivity index (χ3v) is 7.67. The summed E-state index contributed by atoms with van der Waals surface area (Å²) in [7, 11) is 0. The van der Waals surface area contributed by atoms with Crippen LogP contribution >= 0.6 is 22.9 Å². The number of benzene rings is 1. The molecule has 2 aromatic heterocycles.